The summed E-state index contributed by atoms with van der Waals surface area (Å²) in [4.78, 5) is 4.37. The molecular weight excluding hydrogens is 286 g/mol. The minimum absolute atomic E-state index is 0.375. The average molecular weight is 307 g/mol. The number of benzene rings is 1. The molecule has 1 unspecified atom stereocenters. The lowest BCUT2D eigenvalue weighted by atomic mass is 9.92. The van der Waals surface area contributed by atoms with Gasteiger partial charge in [-0.05, 0) is 43.4 Å². The van der Waals surface area contributed by atoms with Gasteiger partial charge in [-0.15, -0.1) is 0 Å². The van der Waals surface area contributed by atoms with Crippen LogP contribution in [-0.2, 0) is 6.42 Å². The molecule has 2 N–H and O–H groups in total. The van der Waals surface area contributed by atoms with E-state index >= 15 is 0 Å². The number of aromatic nitrogens is 2. The van der Waals surface area contributed by atoms with Crippen LogP contribution in [0.2, 0.25) is 0 Å². The quantitative estimate of drug-likeness (QED) is 0.781. The Labute approximate surface area is 136 Å². The Morgan fingerprint density at radius 1 is 1.17 bits per heavy atom. The first-order valence-corrected chi connectivity index (χ1v) is 7.79. The number of nitrogens with two attached hydrogens (primary N) is 1. The van der Waals surface area contributed by atoms with Crippen LogP contribution in [0.4, 0.5) is 5.82 Å². The molecule has 1 atom stereocenters. The van der Waals surface area contributed by atoms with E-state index in [2.05, 4.69) is 47.4 Å². The normalized spacial score (nSPS) is 12.3. The van der Waals surface area contributed by atoms with E-state index in [0.717, 1.165) is 34.6 Å². The third-order valence-corrected chi connectivity index (χ3v) is 4.22. The molecule has 118 valence electrons. The van der Waals surface area contributed by atoms with Crippen LogP contribution in [0.25, 0.3) is 11.1 Å². The van der Waals surface area contributed by atoms with Crippen LogP contribution in [-0.4, -0.2) is 10.1 Å². The van der Waals surface area contributed by atoms with Crippen molar-refractivity contribution in [3.8, 4) is 11.1 Å². The van der Waals surface area contributed by atoms with Crippen molar-refractivity contribution in [2.45, 2.75) is 33.1 Å². The van der Waals surface area contributed by atoms with Crippen molar-refractivity contribution in [1.29, 1.82) is 0 Å². The Kier molecular flexibility index (Phi) is 4.15. The van der Waals surface area contributed by atoms with Gasteiger partial charge in [-0.1, -0.05) is 42.4 Å². The fourth-order valence-electron chi connectivity index (χ4n) is 2.95. The lowest BCUT2D eigenvalue weighted by Crippen LogP contribution is -2.04. The molecule has 1 aromatic carbocycles. The van der Waals surface area contributed by atoms with Crippen molar-refractivity contribution >= 4 is 5.82 Å². The fraction of sp³-hybridized carbons (Fsp3) is 0.263. The van der Waals surface area contributed by atoms with Crippen LogP contribution < -0.4 is 5.73 Å². The molecular formula is C19H21N3O. The Hall–Kier alpha value is -2.62. The van der Waals surface area contributed by atoms with E-state index < -0.39 is 0 Å². The van der Waals surface area contributed by atoms with Crippen LogP contribution in [0.5, 0.6) is 0 Å². The van der Waals surface area contributed by atoms with Gasteiger partial charge in [0, 0.05) is 17.3 Å². The maximum atomic E-state index is 6.10. The standard InChI is InChI=1S/C19H21N3O/c1-12(15-7-5-4-6-8-15)9-16-10-17(11-21-19(16)20)18-13(2)22-23-14(18)3/h4-8,10-12H,9H2,1-3H3,(H2,20,21). The molecule has 0 radical (unpaired) electrons. The number of pyridine rings is 1. The predicted molar refractivity (Wildman–Crippen MR) is 92.2 cm³/mol. The molecule has 0 bridgehead atoms. The zero-order chi connectivity index (χ0) is 16.4. The minimum Gasteiger partial charge on any atom is -0.383 e. The monoisotopic (exact) mass is 307 g/mol. The number of hydrogen-bond donors (Lipinski definition) is 1. The highest BCUT2D eigenvalue weighted by molar-refractivity contribution is 5.69. The molecule has 4 nitrogen and oxygen atoms in total. The maximum absolute atomic E-state index is 6.10. The molecule has 2 heterocycles. The van der Waals surface area contributed by atoms with Crippen molar-refractivity contribution in [3.63, 3.8) is 0 Å². The second kappa shape index (κ2) is 6.24. The number of anilines is 1. The Bertz CT molecular complexity index is 789. The summed E-state index contributed by atoms with van der Waals surface area (Å²) in [6.07, 6.45) is 2.64. The summed E-state index contributed by atoms with van der Waals surface area (Å²) in [5.74, 6) is 1.76. The number of rotatable bonds is 4. The van der Waals surface area contributed by atoms with Gasteiger partial charge in [0.05, 0.1) is 5.69 Å². The first-order valence-electron chi connectivity index (χ1n) is 7.79. The van der Waals surface area contributed by atoms with Gasteiger partial charge in [0.2, 0.25) is 0 Å². The van der Waals surface area contributed by atoms with Gasteiger partial charge in [-0.3, -0.25) is 0 Å². The third-order valence-electron chi connectivity index (χ3n) is 4.22. The molecule has 3 aromatic rings. The van der Waals surface area contributed by atoms with Crippen LogP contribution in [0.3, 0.4) is 0 Å². The molecule has 0 saturated heterocycles. The number of nitrogens with zero attached hydrogens (tertiary/aromatic N) is 2. The highest BCUT2D eigenvalue weighted by atomic mass is 16.5. The largest absolute Gasteiger partial charge is 0.383 e. The van der Waals surface area contributed by atoms with Gasteiger partial charge in [-0.25, -0.2) is 4.98 Å². The van der Waals surface area contributed by atoms with Gasteiger partial charge >= 0.3 is 0 Å². The van der Waals surface area contributed by atoms with Gasteiger partial charge in [0.25, 0.3) is 0 Å². The molecule has 0 aliphatic carbocycles. The summed E-state index contributed by atoms with van der Waals surface area (Å²) in [6.45, 7) is 6.06. The number of aryl methyl sites for hydroxylation is 2. The summed E-state index contributed by atoms with van der Waals surface area (Å²) >= 11 is 0. The van der Waals surface area contributed by atoms with Crippen molar-refractivity contribution in [1.82, 2.24) is 10.1 Å². The van der Waals surface area contributed by atoms with E-state index in [9.17, 15) is 0 Å². The van der Waals surface area contributed by atoms with Crippen molar-refractivity contribution in [3.05, 3.63) is 65.2 Å². The van der Waals surface area contributed by atoms with Crippen LogP contribution in [0.15, 0.2) is 47.1 Å². The van der Waals surface area contributed by atoms with E-state index in [0.29, 0.717) is 11.7 Å². The molecule has 23 heavy (non-hydrogen) atoms. The van der Waals surface area contributed by atoms with Crippen molar-refractivity contribution in [2.24, 2.45) is 0 Å². The van der Waals surface area contributed by atoms with Gasteiger partial charge in [0.15, 0.2) is 0 Å². The van der Waals surface area contributed by atoms with E-state index in [1.807, 2.05) is 19.9 Å². The summed E-state index contributed by atoms with van der Waals surface area (Å²) in [6, 6.07) is 12.6. The zero-order valence-corrected chi connectivity index (χ0v) is 13.7. The molecule has 0 saturated carbocycles. The highest BCUT2D eigenvalue weighted by Gasteiger charge is 2.15. The van der Waals surface area contributed by atoms with Crippen molar-refractivity contribution < 1.29 is 4.52 Å². The summed E-state index contributed by atoms with van der Waals surface area (Å²) < 4.78 is 5.26. The van der Waals surface area contributed by atoms with Crippen molar-refractivity contribution in [2.75, 3.05) is 5.73 Å². The van der Waals surface area contributed by atoms with Gasteiger partial charge in [0.1, 0.15) is 11.6 Å². The molecule has 0 aliphatic rings. The zero-order valence-electron chi connectivity index (χ0n) is 13.7. The molecule has 4 heteroatoms. The second-order valence-electron chi connectivity index (χ2n) is 5.98. The SMILES string of the molecule is Cc1noc(C)c1-c1cnc(N)c(CC(C)c2ccccc2)c1. The number of nitrogen functional groups attached to an aromatic ring is 1. The molecule has 0 spiro atoms. The van der Waals surface area contributed by atoms with E-state index in [4.69, 9.17) is 10.3 Å². The second-order valence-corrected chi connectivity index (χ2v) is 5.98. The lowest BCUT2D eigenvalue weighted by Gasteiger charge is -2.14. The van der Waals surface area contributed by atoms with Crippen LogP contribution >= 0.6 is 0 Å². The van der Waals surface area contributed by atoms with Crippen LogP contribution in [0.1, 0.15) is 35.4 Å². The Balaban J connectivity index is 1.93. The maximum Gasteiger partial charge on any atom is 0.141 e. The Morgan fingerprint density at radius 2 is 1.91 bits per heavy atom. The molecule has 0 amide bonds. The summed E-state index contributed by atoms with van der Waals surface area (Å²) in [7, 11) is 0. The predicted octanol–water partition coefficient (Wildman–Crippen LogP) is 4.28. The first kappa shape index (κ1) is 15.3. The third kappa shape index (κ3) is 3.11. The molecule has 0 aliphatic heterocycles. The molecule has 2 aromatic heterocycles. The number of hydrogen-bond acceptors (Lipinski definition) is 4. The average Bonchev–Trinajstić information content (AvgIpc) is 2.89. The van der Waals surface area contributed by atoms with E-state index in [1.165, 1.54) is 5.56 Å². The van der Waals surface area contributed by atoms with Crippen LogP contribution in [0, 0.1) is 13.8 Å². The van der Waals surface area contributed by atoms with E-state index in [1.54, 1.807) is 6.20 Å². The Morgan fingerprint density at radius 3 is 2.57 bits per heavy atom. The molecule has 0 fully saturated rings. The molecule has 3 rings (SSSR count). The summed E-state index contributed by atoms with van der Waals surface area (Å²) in [5, 5.41) is 4.02. The van der Waals surface area contributed by atoms with Gasteiger partial charge < -0.3 is 10.3 Å². The highest BCUT2D eigenvalue weighted by Crippen LogP contribution is 2.30. The first-order chi connectivity index (χ1) is 11.1. The lowest BCUT2D eigenvalue weighted by molar-refractivity contribution is 0.393. The fourth-order valence-corrected chi connectivity index (χ4v) is 2.95. The van der Waals surface area contributed by atoms with E-state index in [-0.39, 0.29) is 0 Å². The minimum atomic E-state index is 0.375. The smallest absolute Gasteiger partial charge is 0.141 e. The van der Waals surface area contributed by atoms with Gasteiger partial charge in [-0.2, -0.15) is 0 Å². The summed E-state index contributed by atoms with van der Waals surface area (Å²) in [5.41, 5.74) is 11.3. The topological polar surface area (TPSA) is 64.9 Å².